The number of amides is 3. The first-order valence-corrected chi connectivity index (χ1v) is 13.0. The Morgan fingerprint density at radius 2 is 1.25 bits per heavy atom. The van der Waals surface area contributed by atoms with Crippen molar-refractivity contribution < 1.29 is 54.6 Å². The van der Waals surface area contributed by atoms with Crippen LogP contribution in [0.2, 0.25) is 0 Å². The molecule has 0 heterocycles. The molecule has 3 amide bonds. The predicted molar refractivity (Wildman–Crippen MR) is 148 cm³/mol. The van der Waals surface area contributed by atoms with Crippen molar-refractivity contribution in [2.75, 3.05) is 31.1 Å². The lowest BCUT2D eigenvalue weighted by Crippen LogP contribution is -2.42. The molecule has 14 nitrogen and oxygen atoms in total. The van der Waals surface area contributed by atoms with E-state index in [0.29, 0.717) is 0 Å². The zero-order chi connectivity index (χ0) is 27.9. The number of benzene rings is 1. The molecule has 17 heteroatoms. The number of anilines is 1. The third kappa shape index (κ3) is 8.31. The number of rotatable bonds is 12. The number of nitrogens with one attached hydrogen (secondary N) is 2. The van der Waals surface area contributed by atoms with E-state index < -0.39 is 67.7 Å². The maximum Gasteiger partial charge on any atom is 0.334 e. The molecule has 1 aromatic rings. The number of aliphatic hydroxyl groups is 4. The van der Waals surface area contributed by atoms with Gasteiger partial charge in [-0.15, -0.1) is 0 Å². The first-order chi connectivity index (χ1) is 16.6. The van der Waals surface area contributed by atoms with Crippen LogP contribution in [-0.4, -0.2) is 105 Å². The summed E-state index contributed by atoms with van der Waals surface area (Å²) in [5, 5.41) is 60.5. The highest BCUT2D eigenvalue weighted by Crippen LogP contribution is 2.38. The van der Waals surface area contributed by atoms with Gasteiger partial charge in [-0.1, -0.05) is 0 Å². The van der Waals surface area contributed by atoms with Crippen LogP contribution in [0.1, 0.15) is 27.6 Å². The molecule has 0 saturated heterocycles. The third-order valence-electron chi connectivity index (χ3n) is 4.49. The topological polar surface area (TPSA) is 234 Å². The highest BCUT2D eigenvalue weighted by Gasteiger charge is 2.33. The van der Waals surface area contributed by atoms with Gasteiger partial charge >= 0.3 is 11.9 Å². The molecule has 0 aliphatic rings. The van der Waals surface area contributed by atoms with Crippen molar-refractivity contribution in [3.05, 3.63) is 21.8 Å². The van der Waals surface area contributed by atoms with Crippen LogP contribution in [0.3, 0.4) is 0 Å². The molecule has 0 spiro atoms. The smallest absolute Gasteiger partial charge is 0.334 e. The summed E-state index contributed by atoms with van der Waals surface area (Å²) in [6.45, 7) is -1.32. The second kappa shape index (κ2) is 14.5. The number of hydrogen-bond acceptors (Lipinski definition) is 9. The summed E-state index contributed by atoms with van der Waals surface area (Å²) in [6, 6.07) is 0. The first-order valence-electron chi connectivity index (χ1n) is 9.81. The maximum absolute atomic E-state index is 13.0. The molecule has 0 aliphatic carbocycles. The van der Waals surface area contributed by atoms with E-state index in [2.05, 4.69) is 10.6 Å². The lowest BCUT2D eigenvalue weighted by atomic mass is 10.1. The van der Waals surface area contributed by atoms with Gasteiger partial charge in [0.05, 0.1) is 49.8 Å². The normalized spacial score (nSPS) is 13.3. The summed E-state index contributed by atoms with van der Waals surface area (Å²) < 4.78 is 0.237. The van der Waals surface area contributed by atoms with E-state index >= 15 is 0 Å². The van der Waals surface area contributed by atoms with Crippen LogP contribution in [-0.2, 0) is 14.4 Å². The van der Waals surface area contributed by atoms with Crippen molar-refractivity contribution in [2.45, 2.75) is 25.2 Å². The number of carbonyl (C=O) groups is 5. The number of carboxylic acids is 2. The number of nitrogens with zero attached hydrogens (tertiary/aromatic N) is 1. The first kappa shape index (κ1) is 32.6. The number of aliphatic carboxylic acids is 2. The summed E-state index contributed by atoms with van der Waals surface area (Å²) in [4.78, 5) is 61.4. The molecule has 3 unspecified atom stereocenters. The molecular formula is C19H22I3N3O11. The number of hydrogen-bond donors (Lipinski definition) is 8. The number of carboxylic acid groups (broad SMARTS) is 2. The van der Waals surface area contributed by atoms with Crippen LogP contribution >= 0.6 is 67.8 Å². The zero-order valence-corrected chi connectivity index (χ0v) is 24.8. The molecule has 0 saturated carbocycles. The maximum atomic E-state index is 13.0. The molecule has 8 N–H and O–H groups in total. The molecule has 1 rings (SSSR count). The summed E-state index contributed by atoms with van der Waals surface area (Å²) in [5.41, 5.74) is -0.397. The molecule has 1 aromatic carbocycles. The summed E-state index contributed by atoms with van der Waals surface area (Å²) >= 11 is 5.09. The minimum Gasteiger partial charge on any atom is -0.479 e. The molecule has 0 fully saturated rings. The number of aliphatic hydroxyl groups excluding tert-OH is 4. The summed E-state index contributed by atoms with van der Waals surface area (Å²) in [5.74, 6) is -5.64. The van der Waals surface area contributed by atoms with E-state index in [1.807, 2.05) is 0 Å². The van der Waals surface area contributed by atoms with Crippen LogP contribution in [0.4, 0.5) is 5.69 Å². The van der Waals surface area contributed by atoms with Crippen LogP contribution < -0.4 is 15.5 Å². The SMILES string of the molecule is CC(=O)N(CC(O)C(=O)O)c1c(I)c(C(=O)NCC(O)CO)c(I)c(C(=O)NCC(O)C(=O)O)c1I. The van der Waals surface area contributed by atoms with Crippen LogP contribution in [0.5, 0.6) is 0 Å². The molecule has 0 bridgehead atoms. The van der Waals surface area contributed by atoms with Gasteiger partial charge in [-0.05, 0) is 67.8 Å². The Hall–Kier alpha value is -1.40. The van der Waals surface area contributed by atoms with Gasteiger partial charge in [0.25, 0.3) is 11.8 Å². The monoisotopic (exact) mass is 849 g/mol. The molecule has 200 valence electrons. The largest absolute Gasteiger partial charge is 0.479 e. The fourth-order valence-electron chi connectivity index (χ4n) is 2.64. The minimum absolute atomic E-state index is 0.0609. The highest BCUT2D eigenvalue weighted by atomic mass is 127. The van der Waals surface area contributed by atoms with E-state index in [-0.39, 0.29) is 34.1 Å². The minimum atomic E-state index is -2.00. The quantitative estimate of drug-likeness (QED) is 0.114. The summed E-state index contributed by atoms with van der Waals surface area (Å²) in [6.07, 6.45) is -5.21. The zero-order valence-electron chi connectivity index (χ0n) is 18.4. The molecule has 0 aromatic heterocycles. The summed E-state index contributed by atoms with van der Waals surface area (Å²) in [7, 11) is 0. The van der Waals surface area contributed by atoms with Crippen molar-refractivity contribution >= 4 is 103 Å². The fraction of sp³-hybridized carbons (Fsp3) is 0.421. The molecule has 0 radical (unpaired) electrons. The Balaban J connectivity index is 3.77. The molecule has 3 atom stereocenters. The van der Waals surface area contributed by atoms with Crippen molar-refractivity contribution in [1.82, 2.24) is 10.6 Å². The second-order valence-corrected chi connectivity index (χ2v) is 10.4. The molecular weight excluding hydrogens is 827 g/mol. The second-order valence-electron chi connectivity index (χ2n) is 7.13. The van der Waals surface area contributed by atoms with Crippen LogP contribution in [0.15, 0.2) is 0 Å². The Kier molecular flexibility index (Phi) is 13.2. The Bertz CT molecular complexity index is 1050. The standard InChI is InChI=1S/C19H22I3N3O11/c1-6(27)25(4-9(30)19(35)36)15-13(21)10(16(31)23-2-7(28)5-26)12(20)11(14(15)22)17(32)24-3-8(29)18(33)34/h7-9,26,28-30H,2-5H2,1H3,(H,23,31)(H,24,32)(H,33,34)(H,35,36). The number of halogens is 3. The van der Waals surface area contributed by atoms with Crippen molar-refractivity contribution in [3.63, 3.8) is 0 Å². The lowest BCUT2D eigenvalue weighted by molar-refractivity contribution is -0.147. The van der Waals surface area contributed by atoms with Gasteiger partial charge in [0.2, 0.25) is 5.91 Å². The molecule has 0 aliphatic heterocycles. The van der Waals surface area contributed by atoms with Crippen molar-refractivity contribution in [1.29, 1.82) is 0 Å². The van der Waals surface area contributed by atoms with Gasteiger partial charge in [-0.3, -0.25) is 14.4 Å². The van der Waals surface area contributed by atoms with Crippen molar-refractivity contribution in [3.8, 4) is 0 Å². The Morgan fingerprint density at radius 1 is 0.806 bits per heavy atom. The van der Waals surface area contributed by atoms with Gasteiger partial charge in [0, 0.05) is 17.0 Å². The van der Waals surface area contributed by atoms with E-state index in [1.165, 1.54) is 0 Å². The van der Waals surface area contributed by atoms with Gasteiger partial charge in [-0.25, -0.2) is 9.59 Å². The Labute approximate surface area is 244 Å². The highest BCUT2D eigenvalue weighted by molar-refractivity contribution is 14.1. The van der Waals surface area contributed by atoms with E-state index in [9.17, 15) is 39.3 Å². The third-order valence-corrected chi connectivity index (χ3v) is 7.67. The van der Waals surface area contributed by atoms with Crippen LogP contribution in [0.25, 0.3) is 0 Å². The van der Waals surface area contributed by atoms with Gasteiger partial charge in [-0.2, -0.15) is 0 Å². The average molecular weight is 849 g/mol. The lowest BCUT2D eigenvalue weighted by Gasteiger charge is -2.28. The number of carbonyl (C=O) groups excluding carboxylic acids is 3. The van der Waals surface area contributed by atoms with Gasteiger partial charge in [0.1, 0.15) is 0 Å². The average Bonchev–Trinajstić information content (AvgIpc) is 2.79. The van der Waals surface area contributed by atoms with Crippen LogP contribution in [0, 0.1) is 10.7 Å². The van der Waals surface area contributed by atoms with Gasteiger partial charge in [0.15, 0.2) is 12.2 Å². The van der Waals surface area contributed by atoms with E-state index in [0.717, 1.165) is 11.8 Å². The van der Waals surface area contributed by atoms with E-state index in [1.54, 1.807) is 67.8 Å². The molecule has 36 heavy (non-hydrogen) atoms. The predicted octanol–water partition coefficient (Wildman–Crippen LogP) is -1.44. The Morgan fingerprint density at radius 3 is 1.64 bits per heavy atom. The van der Waals surface area contributed by atoms with Crippen molar-refractivity contribution in [2.24, 2.45) is 0 Å². The fourth-order valence-corrected chi connectivity index (χ4v) is 7.37. The van der Waals surface area contributed by atoms with E-state index in [4.69, 9.17) is 15.3 Å². The van der Waals surface area contributed by atoms with Gasteiger partial charge < -0.3 is 46.2 Å².